The van der Waals surface area contributed by atoms with Gasteiger partial charge in [-0.05, 0) is 42.3 Å². The van der Waals surface area contributed by atoms with Crippen LogP contribution < -0.4 is 0 Å². The van der Waals surface area contributed by atoms with Crippen molar-refractivity contribution in [1.29, 1.82) is 0 Å². The molecule has 0 N–H and O–H groups in total. The van der Waals surface area contributed by atoms with E-state index in [1.165, 1.54) is 22.6 Å². The maximum absolute atomic E-state index is 12.8. The Hall–Kier alpha value is -1.28. The summed E-state index contributed by atoms with van der Waals surface area (Å²) in [7, 11) is 0. The third-order valence-electron chi connectivity index (χ3n) is 2.39. The first-order valence-electron chi connectivity index (χ1n) is 5.31. The summed E-state index contributed by atoms with van der Waals surface area (Å²) in [5.41, 5.74) is 1.33. The smallest absolute Gasteiger partial charge is 0.123 e. The maximum Gasteiger partial charge on any atom is 0.123 e. The molecule has 0 heterocycles. The molecule has 0 aliphatic rings. The summed E-state index contributed by atoms with van der Waals surface area (Å²) in [6, 6.07) is 14.9. The van der Waals surface area contributed by atoms with Gasteiger partial charge >= 0.3 is 0 Å². The lowest BCUT2D eigenvalue weighted by atomic mass is 10.2. The van der Waals surface area contributed by atoms with Crippen LogP contribution in [0.1, 0.15) is 12.5 Å². The maximum atomic E-state index is 12.8. The SMILES string of the molecule is CCc1ccccc1Sc1ccc(F)cc1. The van der Waals surface area contributed by atoms with Crippen molar-refractivity contribution in [3.63, 3.8) is 0 Å². The van der Waals surface area contributed by atoms with Crippen molar-refractivity contribution in [2.24, 2.45) is 0 Å². The van der Waals surface area contributed by atoms with E-state index in [4.69, 9.17) is 0 Å². The zero-order valence-corrected chi connectivity index (χ0v) is 9.93. The Morgan fingerprint density at radius 2 is 1.69 bits per heavy atom. The van der Waals surface area contributed by atoms with E-state index < -0.39 is 0 Å². The summed E-state index contributed by atoms with van der Waals surface area (Å²) in [6.07, 6.45) is 1.02. The van der Waals surface area contributed by atoms with E-state index in [9.17, 15) is 4.39 Å². The highest BCUT2D eigenvalue weighted by Crippen LogP contribution is 2.30. The lowest BCUT2D eigenvalue weighted by Crippen LogP contribution is -1.84. The van der Waals surface area contributed by atoms with Gasteiger partial charge in [0.15, 0.2) is 0 Å². The Labute approximate surface area is 99.5 Å². The average molecular weight is 232 g/mol. The van der Waals surface area contributed by atoms with Gasteiger partial charge in [-0.1, -0.05) is 36.9 Å². The second kappa shape index (κ2) is 5.17. The normalized spacial score (nSPS) is 10.4. The van der Waals surface area contributed by atoms with Gasteiger partial charge in [-0.15, -0.1) is 0 Å². The molecule has 0 aliphatic heterocycles. The van der Waals surface area contributed by atoms with Crippen molar-refractivity contribution in [2.75, 3.05) is 0 Å². The molecule has 0 saturated heterocycles. The summed E-state index contributed by atoms with van der Waals surface area (Å²) in [5.74, 6) is -0.187. The molecule has 2 aromatic rings. The first-order valence-corrected chi connectivity index (χ1v) is 6.12. The minimum absolute atomic E-state index is 0.187. The van der Waals surface area contributed by atoms with Crippen molar-refractivity contribution in [2.45, 2.75) is 23.1 Å². The van der Waals surface area contributed by atoms with Gasteiger partial charge in [0.25, 0.3) is 0 Å². The van der Waals surface area contributed by atoms with Gasteiger partial charge in [-0.25, -0.2) is 4.39 Å². The molecule has 0 saturated carbocycles. The summed E-state index contributed by atoms with van der Waals surface area (Å²) in [6.45, 7) is 2.14. The molecule has 0 spiro atoms. The third kappa shape index (κ3) is 2.64. The highest BCUT2D eigenvalue weighted by Gasteiger charge is 2.02. The van der Waals surface area contributed by atoms with Crippen LogP contribution in [0.5, 0.6) is 0 Å². The summed E-state index contributed by atoms with van der Waals surface area (Å²) >= 11 is 1.68. The predicted molar refractivity (Wildman–Crippen MR) is 66.3 cm³/mol. The molecule has 16 heavy (non-hydrogen) atoms. The highest BCUT2D eigenvalue weighted by molar-refractivity contribution is 7.99. The number of hydrogen-bond donors (Lipinski definition) is 0. The Kier molecular flexibility index (Phi) is 3.62. The van der Waals surface area contributed by atoms with Crippen LogP contribution in [0.25, 0.3) is 0 Å². The molecule has 0 unspecified atom stereocenters. The fourth-order valence-electron chi connectivity index (χ4n) is 1.53. The molecule has 0 atom stereocenters. The topological polar surface area (TPSA) is 0 Å². The van der Waals surface area contributed by atoms with E-state index >= 15 is 0 Å². The highest BCUT2D eigenvalue weighted by atomic mass is 32.2. The fraction of sp³-hybridized carbons (Fsp3) is 0.143. The second-order valence-corrected chi connectivity index (χ2v) is 4.63. The third-order valence-corrected chi connectivity index (χ3v) is 3.52. The standard InChI is InChI=1S/C14H13FS/c1-2-11-5-3-4-6-14(11)16-13-9-7-12(15)8-10-13/h3-10H,2H2,1H3. The monoisotopic (exact) mass is 232 g/mol. The average Bonchev–Trinajstić information content (AvgIpc) is 2.33. The molecule has 0 aromatic heterocycles. The van der Waals surface area contributed by atoms with E-state index in [1.807, 2.05) is 24.3 Å². The van der Waals surface area contributed by atoms with Gasteiger partial charge in [0.1, 0.15) is 5.82 Å². The van der Waals surface area contributed by atoms with Crippen LogP contribution in [0.3, 0.4) is 0 Å². The van der Waals surface area contributed by atoms with Crippen LogP contribution in [0, 0.1) is 5.82 Å². The molecule has 0 nitrogen and oxygen atoms in total. The van der Waals surface area contributed by atoms with Gasteiger partial charge in [-0.3, -0.25) is 0 Å². The largest absolute Gasteiger partial charge is 0.207 e. The lowest BCUT2D eigenvalue weighted by Gasteiger charge is -2.06. The number of benzene rings is 2. The number of aryl methyl sites for hydroxylation is 1. The van der Waals surface area contributed by atoms with Crippen molar-refractivity contribution < 1.29 is 4.39 Å². The molecule has 2 aromatic carbocycles. The van der Waals surface area contributed by atoms with Crippen LogP contribution in [-0.2, 0) is 6.42 Å². The summed E-state index contributed by atoms with van der Waals surface area (Å²) in [5, 5.41) is 0. The van der Waals surface area contributed by atoms with Crippen molar-refractivity contribution in [3.8, 4) is 0 Å². The van der Waals surface area contributed by atoms with Crippen molar-refractivity contribution in [3.05, 3.63) is 59.9 Å². The van der Waals surface area contributed by atoms with E-state index in [0.29, 0.717) is 0 Å². The van der Waals surface area contributed by atoms with Crippen LogP contribution >= 0.6 is 11.8 Å². The van der Waals surface area contributed by atoms with E-state index in [-0.39, 0.29) is 5.82 Å². The van der Waals surface area contributed by atoms with Gasteiger partial charge in [0.05, 0.1) is 0 Å². The fourth-order valence-corrected chi connectivity index (χ4v) is 2.54. The number of hydrogen-bond acceptors (Lipinski definition) is 1. The molecule has 2 rings (SSSR count). The van der Waals surface area contributed by atoms with Crippen LogP contribution in [-0.4, -0.2) is 0 Å². The molecule has 2 heteroatoms. The number of rotatable bonds is 3. The molecule has 0 radical (unpaired) electrons. The van der Waals surface area contributed by atoms with Gasteiger partial charge in [0.2, 0.25) is 0 Å². The van der Waals surface area contributed by atoms with Crippen LogP contribution in [0.2, 0.25) is 0 Å². The Morgan fingerprint density at radius 3 is 2.38 bits per heavy atom. The van der Waals surface area contributed by atoms with Crippen molar-refractivity contribution in [1.82, 2.24) is 0 Å². The van der Waals surface area contributed by atoms with Crippen molar-refractivity contribution >= 4 is 11.8 Å². The molecule has 82 valence electrons. The molecular weight excluding hydrogens is 219 g/mol. The van der Waals surface area contributed by atoms with Gasteiger partial charge in [0, 0.05) is 9.79 Å². The first-order chi connectivity index (χ1) is 7.79. The molecule has 0 bridgehead atoms. The summed E-state index contributed by atoms with van der Waals surface area (Å²) < 4.78 is 12.8. The van der Waals surface area contributed by atoms with E-state index in [0.717, 1.165) is 11.3 Å². The lowest BCUT2D eigenvalue weighted by molar-refractivity contribution is 0.626. The molecular formula is C14H13FS. The zero-order chi connectivity index (χ0) is 11.4. The van der Waals surface area contributed by atoms with E-state index in [1.54, 1.807) is 11.8 Å². The number of halogens is 1. The Bertz CT molecular complexity index is 462. The van der Waals surface area contributed by atoms with Crippen LogP contribution in [0.4, 0.5) is 4.39 Å². The molecule has 0 fully saturated rings. The van der Waals surface area contributed by atoms with Crippen LogP contribution in [0.15, 0.2) is 58.3 Å². The second-order valence-electron chi connectivity index (χ2n) is 3.52. The van der Waals surface area contributed by atoms with Gasteiger partial charge < -0.3 is 0 Å². The minimum atomic E-state index is -0.187. The summed E-state index contributed by atoms with van der Waals surface area (Å²) in [4.78, 5) is 2.32. The van der Waals surface area contributed by atoms with Gasteiger partial charge in [-0.2, -0.15) is 0 Å². The molecule has 0 amide bonds. The molecule has 0 aliphatic carbocycles. The first kappa shape index (κ1) is 11.2. The zero-order valence-electron chi connectivity index (χ0n) is 9.11. The minimum Gasteiger partial charge on any atom is -0.207 e. The van der Waals surface area contributed by atoms with E-state index in [2.05, 4.69) is 19.1 Å². The Balaban J connectivity index is 2.23. The quantitative estimate of drug-likeness (QED) is 0.748. The Morgan fingerprint density at radius 1 is 1.00 bits per heavy atom. The predicted octanol–water partition coefficient (Wildman–Crippen LogP) is 4.54.